The van der Waals surface area contributed by atoms with Crippen LogP contribution in [0.1, 0.15) is 18.4 Å². The molecule has 0 fully saturated rings. The van der Waals surface area contributed by atoms with Crippen LogP contribution >= 0.6 is 0 Å². The minimum atomic E-state index is -4.72. The second kappa shape index (κ2) is 9.02. The molecule has 3 aromatic carbocycles. The van der Waals surface area contributed by atoms with Gasteiger partial charge in [0.05, 0.1) is 17.5 Å². The highest BCUT2D eigenvalue weighted by atomic mass is 32.2. The van der Waals surface area contributed by atoms with Crippen LogP contribution in [-0.4, -0.2) is 27.1 Å². The molecule has 1 amide bonds. The Kier molecular flexibility index (Phi) is 6.26. The van der Waals surface area contributed by atoms with Gasteiger partial charge in [-0.25, -0.2) is 8.42 Å². The SMILES string of the molecule is CS(=O)(=O)N(CCCC(=O)Nc1ccc2c(c1)oc1ccccc12)c1ccccc1C(F)(F)F. The summed E-state index contributed by atoms with van der Waals surface area (Å²) in [4.78, 5) is 12.4. The maximum atomic E-state index is 13.4. The zero-order chi connectivity index (χ0) is 24.5. The lowest BCUT2D eigenvalue weighted by Crippen LogP contribution is -2.33. The minimum Gasteiger partial charge on any atom is -0.456 e. The molecule has 4 rings (SSSR count). The quantitative estimate of drug-likeness (QED) is 0.356. The highest BCUT2D eigenvalue weighted by Gasteiger charge is 2.36. The van der Waals surface area contributed by atoms with Crippen LogP contribution in [0, 0.1) is 0 Å². The summed E-state index contributed by atoms with van der Waals surface area (Å²) in [5, 5.41) is 4.58. The molecule has 34 heavy (non-hydrogen) atoms. The minimum absolute atomic E-state index is 0.0258. The van der Waals surface area contributed by atoms with Gasteiger partial charge in [0.1, 0.15) is 11.2 Å². The van der Waals surface area contributed by atoms with Crippen LogP contribution in [-0.2, 0) is 21.0 Å². The molecule has 0 aliphatic rings. The number of hydrogen-bond donors (Lipinski definition) is 1. The predicted molar refractivity (Wildman–Crippen MR) is 125 cm³/mol. The van der Waals surface area contributed by atoms with Gasteiger partial charge in [-0.15, -0.1) is 0 Å². The Hall–Kier alpha value is -3.53. The van der Waals surface area contributed by atoms with Gasteiger partial charge in [0.15, 0.2) is 0 Å². The summed E-state index contributed by atoms with van der Waals surface area (Å²) in [6, 6.07) is 17.3. The standard InChI is InChI=1S/C24H21F3N2O4S/c1-34(31,32)29(20-9-4-3-8-19(20)24(25,26)27)14-6-11-23(30)28-16-12-13-18-17-7-2-5-10-21(17)33-22(18)15-16/h2-5,7-10,12-13,15H,6,11,14H2,1H3,(H,28,30). The highest BCUT2D eigenvalue weighted by Crippen LogP contribution is 2.37. The molecule has 0 aliphatic carbocycles. The van der Waals surface area contributed by atoms with E-state index < -0.39 is 33.4 Å². The average Bonchev–Trinajstić information content (AvgIpc) is 3.13. The first-order valence-corrected chi connectivity index (χ1v) is 12.2. The van der Waals surface area contributed by atoms with Crippen LogP contribution in [0.4, 0.5) is 24.5 Å². The van der Waals surface area contributed by atoms with Gasteiger partial charge in [-0.05, 0) is 36.8 Å². The number of carbonyl (C=O) groups is 1. The van der Waals surface area contributed by atoms with Crippen LogP contribution in [0.15, 0.2) is 71.1 Å². The van der Waals surface area contributed by atoms with Crippen LogP contribution < -0.4 is 9.62 Å². The molecule has 1 heterocycles. The van der Waals surface area contributed by atoms with Crippen LogP contribution in [0.2, 0.25) is 0 Å². The first-order chi connectivity index (χ1) is 16.0. The molecule has 0 atom stereocenters. The summed E-state index contributed by atoms with van der Waals surface area (Å²) in [6.07, 6.45) is -3.94. The van der Waals surface area contributed by atoms with E-state index in [9.17, 15) is 26.4 Å². The molecular weight excluding hydrogens is 469 g/mol. The van der Waals surface area contributed by atoms with E-state index in [1.165, 1.54) is 12.1 Å². The van der Waals surface area contributed by atoms with Crippen molar-refractivity contribution in [2.75, 3.05) is 22.4 Å². The van der Waals surface area contributed by atoms with E-state index >= 15 is 0 Å². The maximum Gasteiger partial charge on any atom is 0.418 e. The van der Waals surface area contributed by atoms with Gasteiger partial charge in [-0.3, -0.25) is 9.10 Å². The summed E-state index contributed by atoms with van der Waals surface area (Å²) in [5.41, 5.74) is 0.309. The topological polar surface area (TPSA) is 79.6 Å². The third-order valence-electron chi connectivity index (χ3n) is 5.31. The van der Waals surface area contributed by atoms with E-state index in [4.69, 9.17) is 4.42 Å². The fourth-order valence-corrected chi connectivity index (χ4v) is 4.78. The van der Waals surface area contributed by atoms with Gasteiger partial charge in [-0.1, -0.05) is 30.3 Å². The van der Waals surface area contributed by atoms with E-state index in [-0.39, 0.29) is 19.4 Å². The number of alkyl halides is 3. The number of halogens is 3. The van der Waals surface area contributed by atoms with Gasteiger partial charge in [-0.2, -0.15) is 13.2 Å². The van der Waals surface area contributed by atoms with Gasteiger partial charge in [0.2, 0.25) is 15.9 Å². The number of furan rings is 1. The molecule has 1 aromatic heterocycles. The van der Waals surface area contributed by atoms with Crippen molar-refractivity contribution in [3.63, 3.8) is 0 Å². The molecule has 6 nitrogen and oxygen atoms in total. The third-order valence-corrected chi connectivity index (χ3v) is 6.49. The van der Waals surface area contributed by atoms with Gasteiger partial charge in [0, 0.05) is 35.5 Å². The molecule has 1 N–H and O–H groups in total. The fraction of sp³-hybridized carbons (Fsp3) is 0.208. The van der Waals surface area contributed by atoms with Crippen LogP contribution in [0.25, 0.3) is 21.9 Å². The molecular formula is C24H21F3N2O4S. The Labute approximate surface area is 194 Å². The van der Waals surface area contributed by atoms with Crippen molar-refractivity contribution in [3.05, 3.63) is 72.3 Å². The number of hydrogen-bond acceptors (Lipinski definition) is 4. The summed E-state index contributed by atoms with van der Waals surface area (Å²) in [5.74, 6) is -0.395. The third kappa shape index (κ3) is 5.01. The highest BCUT2D eigenvalue weighted by molar-refractivity contribution is 7.92. The smallest absolute Gasteiger partial charge is 0.418 e. The largest absolute Gasteiger partial charge is 0.456 e. The van der Waals surface area contributed by atoms with Gasteiger partial charge < -0.3 is 9.73 Å². The van der Waals surface area contributed by atoms with Crippen LogP contribution in [0.3, 0.4) is 0 Å². The van der Waals surface area contributed by atoms with E-state index in [0.29, 0.717) is 15.6 Å². The normalized spacial score (nSPS) is 12.2. The molecule has 0 aliphatic heterocycles. The number of para-hydroxylation sites is 2. The van der Waals surface area contributed by atoms with Gasteiger partial charge in [0.25, 0.3) is 0 Å². The lowest BCUT2D eigenvalue weighted by Gasteiger charge is -2.25. The average molecular weight is 491 g/mol. The first-order valence-electron chi connectivity index (χ1n) is 10.4. The molecule has 10 heteroatoms. The molecule has 0 saturated carbocycles. The Morgan fingerprint density at radius 2 is 1.65 bits per heavy atom. The number of anilines is 2. The molecule has 0 saturated heterocycles. The summed E-state index contributed by atoms with van der Waals surface area (Å²) in [6.45, 7) is -0.276. The number of amides is 1. The zero-order valence-electron chi connectivity index (χ0n) is 18.1. The van der Waals surface area contributed by atoms with Gasteiger partial charge >= 0.3 is 6.18 Å². The summed E-state index contributed by atoms with van der Waals surface area (Å²) in [7, 11) is -4.01. The van der Waals surface area contributed by atoms with E-state index in [1.54, 1.807) is 12.1 Å². The second-order valence-corrected chi connectivity index (χ2v) is 9.72. The Morgan fingerprint density at radius 1 is 0.971 bits per heavy atom. The number of rotatable bonds is 7. The van der Waals surface area contributed by atoms with E-state index in [2.05, 4.69) is 5.32 Å². The lowest BCUT2D eigenvalue weighted by atomic mass is 10.1. The summed E-state index contributed by atoms with van der Waals surface area (Å²) >= 11 is 0. The van der Waals surface area contributed by atoms with E-state index in [0.717, 1.165) is 34.7 Å². The van der Waals surface area contributed by atoms with Crippen molar-refractivity contribution < 1.29 is 30.8 Å². The first kappa shape index (κ1) is 23.6. The molecule has 0 unspecified atom stereocenters. The molecule has 4 aromatic rings. The number of nitrogens with zero attached hydrogens (tertiary/aromatic N) is 1. The van der Waals surface area contributed by atoms with Crippen molar-refractivity contribution in [1.82, 2.24) is 0 Å². The number of benzene rings is 3. The number of carbonyl (C=O) groups excluding carboxylic acids is 1. The van der Waals surface area contributed by atoms with E-state index in [1.807, 2.05) is 30.3 Å². The fourth-order valence-electron chi connectivity index (χ4n) is 3.81. The zero-order valence-corrected chi connectivity index (χ0v) is 18.9. The maximum absolute atomic E-state index is 13.4. The van der Waals surface area contributed by atoms with Crippen molar-refractivity contribution in [1.29, 1.82) is 0 Å². The molecule has 178 valence electrons. The Morgan fingerprint density at radius 3 is 2.38 bits per heavy atom. The second-order valence-electron chi connectivity index (χ2n) is 7.81. The molecule has 0 spiro atoms. The Bertz CT molecular complexity index is 1460. The summed E-state index contributed by atoms with van der Waals surface area (Å²) < 4.78 is 71.1. The predicted octanol–water partition coefficient (Wildman–Crippen LogP) is 5.79. The molecule has 0 radical (unpaired) electrons. The van der Waals surface area contributed by atoms with Crippen LogP contribution in [0.5, 0.6) is 0 Å². The molecule has 0 bridgehead atoms. The van der Waals surface area contributed by atoms with Crippen molar-refractivity contribution in [2.45, 2.75) is 19.0 Å². The monoisotopic (exact) mass is 490 g/mol. The number of nitrogens with one attached hydrogen (secondary N) is 1. The van der Waals surface area contributed by atoms with Crippen molar-refractivity contribution in [3.8, 4) is 0 Å². The van der Waals surface area contributed by atoms with Crippen molar-refractivity contribution >= 4 is 49.2 Å². The lowest BCUT2D eigenvalue weighted by molar-refractivity contribution is -0.137. The van der Waals surface area contributed by atoms with Crippen molar-refractivity contribution in [2.24, 2.45) is 0 Å². The number of sulfonamides is 1. The Balaban J connectivity index is 1.45. The number of fused-ring (bicyclic) bond motifs is 3.